The molecule has 0 aliphatic heterocycles. The summed E-state index contributed by atoms with van der Waals surface area (Å²) >= 11 is 5.82. The zero-order valence-corrected chi connectivity index (χ0v) is 11.1. The second kappa shape index (κ2) is 5.71. The number of aryl methyl sites for hydroxylation is 1. The monoisotopic (exact) mass is 277 g/mol. The normalized spacial score (nSPS) is 10.2. The Kier molecular flexibility index (Phi) is 4.02. The van der Waals surface area contributed by atoms with Gasteiger partial charge in [0.2, 0.25) is 5.75 Å². The predicted molar refractivity (Wildman–Crippen MR) is 73.9 cm³/mol. The Hall–Kier alpha value is -2.07. The van der Waals surface area contributed by atoms with Crippen LogP contribution in [-0.2, 0) is 5.88 Å². The molecule has 0 saturated heterocycles. The van der Waals surface area contributed by atoms with E-state index in [0.717, 1.165) is 11.1 Å². The van der Waals surface area contributed by atoms with Gasteiger partial charge < -0.3 is 4.74 Å². The molecule has 0 aromatic heterocycles. The molecule has 0 bridgehead atoms. The Morgan fingerprint density at radius 1 is 1.21 bits per heavy atom. The minimum absolute atomic E-state index is 0.0602. The Morgan fingerprint density at radius 3 is 2.63 bits per heavy atom. The fourth-order valence-electron chi connectivity index (χ4n) is 1.69. The highest BCUT2D eigenvalue weighted by molar-refractivity contribution is 6.17. The van der Waals surface area contributed by atoms with Gasteiger partial charge in [-0.3, -0.25) is 10.1 Å². The molecule has 2 aromatic carbocycles. The van der Waals surface area contributed by atoms with E-state index in [1.54, 1.807) is 24.3 Å². The fourth-order valence-corrected chi connectivity index (χ4v) is 1.91. The van der Waals surface area contributed by atoms with Crippen molar-refractivity contribution in [3.63, 3.8) is 0 Å². The van der Waals surface area contributed by atoms with E-state index in [1.165, 1.54) is 6.07 Å². The molecular formula is C14H12ClNO3. The van der Waals surface area contributed by atoms with Crippen LogP contribution in [0.1, 0.15) is 11.1 Å². The van der Waals surface area contributed by atoms with E-state index in [1.807, 2.05) is 19.1 Å². The van der Waals surface area contributed by atoms with Crippen molar-refractivity contribution < 1.29 is 9.66 Å². The first kappa shape index (κ1) is 13.4. The largest absolute Gasteiger partial charge is 0.450 e. The zero-order valence-electron chi connectivity index (χ0n) is 10.3. The van der Waals surface area contributed by atoms with Crippen molar-refractivity contribution in [1.29, 1.82) is 0 Å². The molecule has 2 rings (SSSR count). The lowest BCUT2D eigenvalue weighted by Gasteiger charge is -2.10. The predicted octanol–water partition coefficient (Wildman–Crippen LogP) is 4.43. The van der Waals surface area contributed by atoms with Gasteiger partial charge in [0, 0.05) is 11.6 Å². The molecule has 0 spiro atoms. The molecule has 2 aromatic rings. The van der Waals surface area contributed by atoms with Crippen molar-refractivity contribution in [2.75, 3.05) is 0 Å². The van der Waals surface area contributed by atoms with E-state index in [9.17, 15) is 10.1 Å². The summed E-state index contributed by atoms with van der Waals surface area (Å²) in [7, 11) is 0. The van der Waals surface area contributed by atoms with Crippen molar-refractivity contribution >= 4 is 17.3 Å². The molecule has 0 radical (unpaired) electrons. The van der Waals surface area contributed by atoms with Crippen LogP contribution in [0, 0.1) is 17.0 Å². The highest BCUT2D eigenvalue weighted by Crippen LogP contribution is 2.33. The number of nitrogens with zero attached hydrogens (tertiary/aromatic N) is 1. The summed E-state index contributed by atoms with van der Waals surface area (Å²) in [5.74, 6) is 1.05. The number of alkyl halides is 1. The third kappa shape index (κ3) is 3.03. The second-order valence-corrected chi connectivity index (χ2v) is 4.34. The first-order chi connectivity index (χ1) is 9.11. The molecule has 0 heterocycles. The summed E-state index contributed by atoms with van der Waals surface area (Å²) in [6.45, 7) is 1.85. The standard InChI is InChI=1S/C14H12ClNO3/c1-10-6-7-12(16(17)18)14(8-10)19-13-5-3-2-4-11(13)9-15/h2-8H,9H2,1H3. The van der Waals surface area contributed by atoms with Gasteiger partial charge >= 0.3 is 5.69 Å². The number of hydrogen-bond donors (Lipinski definition) is 0. The lowest BCUT2D eigenvalue weighted by Crippen LogP contribution is -1.95. The van der Waals surface area contributed by atoms with Gasteiger partial charge in [-0.25, -0.2) is 0 Å². The average molecular weight is 278 g/mol. The summed E-state index contributed by atoms with van der Waals surface area (Å²) in [5, 5.41) is 11.0. The first-order valence-electron chi connectivity index (χ1n) is 5.68. The van der Waals surface area contributed by atoms with Crippen molar-refractivity contribution in [3.05, 3.63) is 63.7 Å². The maximum atomic E-state index is 11.0. The van der Waals surface area contributed by atoms with Crippen LogP contribution in [0.25, 0.3) is 0 Å². The van der Waals surface area contributed by atoms with Crippen molar-refractivity contribution in [1.82, 2.24) is 0 Å². The van der Waals surface area contributed by atoms with E-state index >= 15 is 0 Å². The first-order valence-corrected chi connectivity index (χ1v) is 6.22. The fraction of sp³-hybridized carbons (Fsp3) is 0.143. The quantitative estimate of drug-likeness (QED) is 0.472. The van der Waals surface area contributed by atoms with Crippen LogP contribution >= 0.6 is 11.6 Å². The van der Waals surface area contributed by atoms with Gasteiger partial charge in [-0.15, -0.1) is 11.6 Å². The molecule has 0 amide bonds. The molecule has 4 nitrogen and oxygen atoms in total. The van der Waals surface area contributed by atoms with Gasteiger partial charge in [0.15, 0.2) is 0 Å². The van der Waals surface area contributed by atoms with E-state index < -0.39 is 4.92 Å². The molecule has 0 N–H and O–H groups in total. The molecule has 19 heavy (non-hydrogen) atoms. The molecule has 5 heteroatoms. The Morgan fingerprint density at radius 2 is 1.95 bits per heavy atom. The smallest absolute Gasteiger partial charge is 0.311 e. The lowest BCUT2D eigenvalue weighted by molar-refractivity contribution is -0.385. The van der Waals surface area contributed by atoms with Gasteiger partial charge in [0.05, 0.1) is 10.8 Å². The molecule has 0 aliphatic carbocycles. The number of rotatable bonds is 4. The van der Waals surface area contributed by atoms with Crippen LogP contribution in [0.15, 0.2) is 42.5 Å². The maximum Gasteiger partial charge on any atom is 0.311 e. The summed E-state index contributed by atoms with van der Waals surface area (Å²) in [5.41, 5.74) is 1.62. The number of nitro groups is 1. The van der Waals surface area contributed by atoms with Gasteiger partial charge in [-0.1, -0.05) is 24.3 Å². The van der Waals surface area contributed by atoms with E-state index in [2.05, 4.69) is 0 Å². The number of benzene rings is 2. The van der Waals surface area contributed by atoms with Crippen LogP contribution in [0.2, 0.25) is 0 Å². The molecule has 0 unspecified atom stereocenters. The third-order valence-corrected chi connectivity index (χ3v) is 2.94. The minimum atomic E-state index is -0.460. The maximum absolute atomic E-state index is 11.0. The number of ether oxygens (including phenoxy) is 1. The van der Waals surface area contributed by atoms with E-state index in [4.69, 9.17) is 16.3 Å². The minimum Gasteiger partial charge on any atom is -0.450 e. The summed E-state index contributed by atoms with van der Waals surface area (Å²) in [4.78, 5) is 10.5. The molecular weight excluding hydrogens is 266 g/mol. The molecule has 0 saturated carbocycles. The third-order valence-electron chi connectivity index (χ3n) is 2.65. The van der Waals surface area contributed by atoms with Crippen molar-refractivity contribution in [2.45, 2.75) is 12.8 Å². The number of para-hydroxylation sites is 1. The topological polar surface area (TPSA) is 52.4 Å². The second-order valence-electron chi connectivity index (χ2n) is 4.07. The highest BCUT2D eigenvalue weighted by atomic mass is 35.5. The number of hydrogen-bond acceptors (Lipinski definition) is 3. The molecule has 0 fully saturated rings. The molecule has 98 valence electrons. The molecule has 0 aliphatic rings. The van der Waals surface area contributed by atoms with Crippen LogP contribution in [0.4, 0.5) is 5.69 Å². The van der Waals surface area contributed by atoms with Crippen LogP contribution in [0.3, 0.4) is 0 Å². The van der Waals surface area contributed by atoms with Crippen LogP contribution < -0.4 is 4.74 Å². The van der Waals surface area contributed by atoms with E-state index in [-0.39, 0.29) is 17.3 Å². The van der Waals surface area contributed by atoms with Crippen molar-refractivity contribution in [2.24, 2.45) is 0 Å². The zero-order chi connectivity index (χ0) is 13.8. The Bertz CT molecular complexity index is 613. The summed E-state index contributed by atoms with van der Waals surface area (Å²) in [6.07, 6.45) is 0. The van der Waals surface area contributed by atoms with Crippen molar-refractivity contribution in [3.8, 4) is 11.5 Å². The van der Waals surface area contributed by atoms with Gasteiger partial charge in [0.25, 0.3) is 0 Å². The summed E-state index contributed by atoms with van der Waals surface area (Å²) in [6, 6.07) is 12.0. The van der Waals surface area contributed by atoms with Gasteiger partial charge in [-0.05, 0) is 24.6 Å². The Labute approximate surface area is 115 Å². The van der Waals surface area contributed by atoms with Gasteiger partial charge in [0.1, 0.15) is 5.75 Å². The Balaban J connectivity index is 2.42. The number of halogens is 1. The van der Waals surface area contributed by atoms with Crippen LogP contribution in [-0.4, -0.2) is 4.92 Å². The van der Waals surface area contributed by atoms with E-state index in [0.29, 0.717) is 5.75 Å². The van der Waals surface area contributed by atoms with Gasteiger partial charge in [-0.2, -0.15) is 0 Å². The highest BCUT2D eigenvalue weighted by Gasteiger charge is 2.16. The number of nitro benzene ring substituents is 1. The average Bonchev–Trinajstić information content (AvgIpc) is 2.39. The SMILES string of the molecule is Cc1ccc([N+](=O)[O-])c(Oc2ccccc2CCl)c1. The lowest BCUT2D eigenvalue weighted by atomic mass is 10.2. The summed E-state index contributed by atoms with van der Waals surface area (Å²) < 4.78 is 5.65. The van der Waals surface area contributed by atoms with Crippen LogP contribution in [0.5, 0.6) is 11.5 Å². The molecule has 0 atom stereocenters.